The highest BCUT2D eigenvalue weighted by Crippen LogP contribution is 2.29. The molecule has 0 fully saturated rings. The van der Waals surface area contributed by atoms with E-state index in [1.165, 1.54) is 12.1 Å². The van der Waals surface area contributed by atoms with Crippen LogP contribution in [0.25, 0.3) is 21.9 Å². The lowest BCUT2D eigenvalue weighted by atomic mass is 10.2. The second-order valence-corrected chi connectivity index (χ2v) is 5.58. The molecule has 0 unspecified atom stereocenters. The number of H-pyrrole nitrogens is 1. The minimum atomic E-state index is -0.295. The summed E-state index contributed by atoms with van der Waals surface area (Å²) in [7, 11) is 1.89. The van der Waals surface area contributed by atoms with Gasteiger partial charge in [-0.1, -0.05) is 11.6 Å². The summed E-state index contributed by atoms with van der Waals surface area (Å²) in [6.45, 7) is 0. The van der Waals surface area contributed by atoms with E-state index in [9.17, 15) is 4.39 Å². The minimum absolute atomic E-state index is 0.295. The number of rotatable bonds is 2. The van der Waals surface area contributed by atoms with E-state index in [4.69, 9.17) is 11.6 Å². The van der Waals surface area contributed by atoms with Gasteiger partial charge in [0.05, 0.1) is 16.7 Å². The number of nitrogens with zero attached hydrogens (tertiary/aromatic N) is 2. The van der Waals surface area contributed by atoms with Crippen molar-refractivity contribution in [1.29, 1.82) is 0 Å². The molecule has 4 aromatic rings. The topological polar surface area (TPSA) is 45.6 Å². The first kappa shape index (κ1) is 13.2. The van der Waals surface area contributed by atoms with Crippen LogP contribution >= 0.6 is 11.6 Å². The minimum Gasteiger partial charge on any atom is -0.359 e. The first-order chi connectivity index (χ1) is 10.6. The molecule has 4 rings (SSSR count). The van der Waals surface area contributed by atoms with E-state index in [2.05, 4.69) is 15.3 Å². The number of aromatic nitrogens is 3. The van der Waals surface area contributed by atoms with Gasteiger partial charge in [-0.3, -0.25) is 0 Å². The summed E-state index contributed by atoms with van der Waals surface area (Å²) in [5, 5.41) is 4.92. The Balaban J connectivity index is 1.82. The van der Waals surface area contributed by atoms with Gasteiger partial charge < -0.3 is 14.9 Å². The monoisotopic (exact) mass is 314 g/mol. The maximum absolute atomic E-state index is 13.3. The Labute approximate surface area is 130 Å². The molecular weight excluding hydrogens is 303 g/mol. The lowest BCUT2D eigenvalue weighted by molar-refractivity contribution is 0.629. The third-order valence-electron chi connectivity index (χ3n) is 3.73. The number of benzene rings is 2. The van der Waals surface area contributed by atoms with E-state index in [1.54, 1.807) is 6.07 Å². The zero-order valence-corrected chi connectivity index (χ0v) is 12.4. The van der Waals surface area contributed by atoms with Crippen LogP contribution < -0.4 is 5.32 Å². The molecule has 0 amide bonds. The quantitative estimate of drug-likeness (QED) is 0.568. The predicted octanol–water partition coefficient (Wildman–Crippen LogP) is 4.59. The molecule has 0 aliphatic carbocycles. The molecule has 0 saturated carbocycles. The van der Waals surface area contributed by atoms with Crippen LogP contribution in [0.5, 0.6) is 0 Å². The molecular formula is C16H12ClFN4. The van der Waals surface area contributed by atoms with Gasteiger partial charge in [-0.05, 0) is 30.3 Å². The zero-order valence-electron chi connectivity index (χ0n) is 11.7. The highest BCUT2D eigenvalue weighted by molar-refractivity contribution is 6.31. The Bertz CT molecular complexity index is 1000. The lowest BCUT2D eigenvalue weighted by Crippen LogP contribution is -1.98. The van der Waals surface area contributed by atoms with Gasteiger partial charge in [-0.2, -0.15) is 0 Å². The molecule has 0 saturated heterocycles. The summed E-state index contributed by atoms with van der Waals surface area (Å²) >= 11 is 6.06. The molecule has 0 aliphatic heterocycles. The van der Waals surface area contributed by atoms with Gasteiger partial charge in [0.1, 0.15) is 5.82 Å². The number of aryl methyl sites for hydroxylation is 1. The molecule has 2 N–H and O–H groups in total. The fourth-order valence-corrected chi connectivity index (χ4v) is 2.77. The second-order valence-electron chi connectivity index (χ2n) is 5.14. The van der Waals surface area contributed by atoms with Crippen molar-refractivity contribution in [2.45, 2.75) is 0 Å². The summed E-state index contributed by atoms with van der Waals surface area (Å²) in [6.07, 6.45) is 1.86. The predicted molar refractivity (Wildman–Crippen MR) is 87.3 cm³/mol. The Morgan fingerprint density at radius 2 is 2.09 bits per heavy atom. The number of imidazole rings is 1. The van der Waals surface area contributed by atoms with Crippen molar-refractivity contribution < 1.29 is 4.39 Å². The Kier molecular flexibility index (Phi) is 2.84. The summed E-state index contributed by atoms with van der Waals surface area (Å²) in [6, 6.07) is 10.2. The SMILES string of the molecule is Cn1c(Nc2c[nH]c3ccc(Cl)cc23)nc2cc(F)ccc21. The van der Waals surface area contributed by atoms with Crippen molar-refractivity contribution in [2.24, 2.45) is 7.05 Å². The summed E-state index contributed by atoms with van der Waals surface area (Å²) < 4.78 is 15.2. The molecule has 4 nitrogen and oxygen atoms in total. The molecule has 6 heteroatoms. The molecule has 2 aromatic heterocycles. The van der Waals surface area contributed by atoms with Crippen molar-refractivity contribution in [3.63, 3.8) is 0 Å². The first-order valence-electron chi connectivity index (χ1n) is 6.77. The van der Waals surface area contributed by atoms with E-state index in [1.807, 2.05) is 36.0 Å². The average molecular weight is 315 g/mol. The third kappa shape index (κ3) is 2.02. The first-order valence-corrected chi connectivity index (χ1v) is 7.15. The third-order valence-corrected chi connectivity index (χ3v) is 3.97. The van der Waals surface area contributed by atoms with Gasteiger partial charge in [-0.25, -0.2) is 9.37 Å². The van der Waals surface area contributed by atoms with Gasteiger partial charge in [0.2, 0.25) is 5.95 Å². The van der Waals surface area contributed by atoms with E-state index >= 15 is 0 Å². The van der Waals surface area contributed by atoms with Crippen LogP contribution in [0.3, 0.4) is 0 Å². The van der Waals surface area contributed by atoms with Gasteiger partial charge >= 0.3 is 0 Å². The highest BCUT2D eigenvalue weighted by Gasteiger charge is 2.11. The maximum atomic E-state index is 13.3. The normalized spacial score (nSPS) is 11.4. The Morgan fingerprint density at radius 3 is 2.95 bits per heavy atom. The Morgan fingerprint density at radius 1 is 1.23 bits per heavy atom. The van der Waals surface area contributed by atoms with Crippen molar-refractivity contribution >= 4 is 45.2 Å². The molecule has 2 aromatic carbocycles. The number of hydrogen-bond donors (Lipinski definition) is 2. The van der Waals surface area contributed by atoms with E-state index in [-0.39, 0.29) is 5.82 Å². The van der Waals surface area contributed by atoms with E-state index < -0.39 is 0 Å². The Hall–Kier alpha value is -2.53. The molecule has 0 bridgehead atoms. The second kappa shape index (κ2) is 4.74. The number of fused-ring (bicyclic) bond motifs is 2. The van der Waals surface area contributed by atoms with Crippen LogP contribution in [-0.2, 0) is 7.05 Å². The van der Waals surface area contributed by atoms with E-state index in [0.717, 1.165) is 22.1 Å². The molecule has 0 aliphatic rings. The lowest BCUT2D eigenvalue weighted by Gasteiger charge is -2.05. The van der Waals surface area contributed by atoms with Crippen LogP contribution in [0.4, 0.5) is 16.0 Å². The largest absolute Gasteiger partial charge is 0.359 e. The molecule has 0 radical (unpaired) electrons. The number of nitrogens with one attached hydrogen (secondary N) is 2. The van der Waals surface area contributed by atoms with Gasteiger partial charge in [0.25, 0.3) is 0 Å². The average Bonchev–Trinajstić information content (AvgIpc) is 3.01. The molecule has 0 atom stereocenters. The molecule has 2 heterocycles. The van der Waals surface area contributed by atoms with Gasteiger partial charge in [0.15, 0.2) is 0 Å². The fraction of sp³-hybridized carbons (Fsp3) is 0.0625. The summed E-state index contributed by atoms with van der Waals surface area (Å²) in [5.41, 5.74) is 3.33. The molecule has 22 heavy (non-hydrogen) atoms. The summed E-state index contributed by atoms with van der Waals surface area (Å²) in [4.78, 5) is 7.62. The van der Waals surface area contributed by atoms with Crippen LogP contribution in [0.2, 0.25) is 5.02 Å². The van der Waals surface area contributed by atoms with Gasteiger partial charge in [0, 0.05) is 35.2 Å². The van der Waals surface area contributed by atoms with Crippen molar-refractivity contribution in [1.82, 2.24) is 14.5 Å². The maximum Gasteiger partial charge on any atom is 0.208 e. The zero-order chi connectivity index (χ0) is 15.3. The van der Waals surface area contributed by atoms with Crippen LogP contribution in [0.15, 0.2) is 42.6 Å². The van der Waals surface area contributed by atoms with Crippen molar-refractivity contribution in [3.8, 4) is 0 Å². The van der Waals surface area contributed by atoms with Crippen molar-refractivity contribution in [2.75, 3.05) is 5.32 Å². The van der Waals surface area contributed by atoms with Crippen LogP contribution in [-0.4, -0.2) is 14.5 Å². The number of halogens is 2. The van der Waals surface area contributed by atoms with Crippen molar-refractivity contribution in [3.05, 3.63) is 53.4 Å². The standard InChI is InChI=1S/C16H12ClFN4/c1-22-15-5-3-10(18)7-13(15)20-16(22)21-14-8-19-12-4-2-9(17)6-11(12)14/h2-8,19H,1H3,(H,20,21). The van der Waals surface area contributed by atoms with E-state index in [0.29, 0.717) is 16.5 Å². The fourth-order valence-electron chi connectivity index (χ4n) is 2.60. The van der Waals surface area contributed by atoms with Crippen LogP contribution in [0, 0.1) is 5.82 Å². The smallest absolute Gasteiger partial charge is 0.208 e. The van der Waals surface area contributed by atoms with Gasteiger partial charge in [-0.15, -0.1) is 0 Å². The number of aromatic amines is 1. The summed E-state index contributed by atoms with van der Waals surface area (Å²) in [5.74, 6) is 0.345. The van der Waals surface area contributed by atoms with Crippen LogP contribution in [0.1, 0.15) is 0 Å². The molecule has 0 spiro atoms. The number of hydrogen-bond acceptors (Lipinski definition) is 2. The number of anilines is 2. The molecule has 110 valence electrons. The highest BCUT2D eigenvalue weighted by atomic mass is 35.5.